The fourth-order valence-corrected chi connectivity index (χ4v) is 3.27. The zero-order chi connectivity index (χ0) is 23.9. The molecule has 2 aromatic heterocycles. The second-order valence-corrected chi connectivity index (χ2v) is 7.31. The van der Waals surface area contributed by atoms with E-state index in [1.165, 1.54) is 12.1 Å². The van der Waals surface area contributed by atoms with Crippen LogP contribution in [0.1, 0.15) is 21.6 Å². The lowest BCUT2D eigenvalue weighted by Gasteiger charge is -2.14. The Balaban J connectivity index is 1.43. The minimum atomic E-state index is -0.328. The number of carbonyl (C=O) groups excluding carboxylic acids is 1. The van der Waals surface area contributed by atoms with Crippen molar-refractivity contribution in [3.63, 3.8) is 0 Å². The summed E-state index contributed by atoms with van der Waals surface area (Å²) in [5.74, 6) is 0.960. The van der Waals surface area contributed by atoms with Crippen molar-refractivity contribution in [1.29, 1.82) is 0 Å². The van der Waals surface area contributed by atoms with E-state index in [1.807, 2.05) is 0 Å². The van der Waals surface area contributed by atoms with E-state index < -0.39 is 0 Å². The van der Waals surface area contributed by atoms with Gasteiger partial charge in [0.2, 0.25) is 0 Å². The van der Waals surface area contributed by atoms with Crippen LogP contribution in [-0.4, -0.2) is 40.1 Å². The molecule has 0 radical (unpaired) electrons. The van der Waals surface area contributed by atoms with E-state index in [-0.39, 0.29) is 18.3 Å². The van der Waals surface area contributed by atoms with Crippen LogP contribution in [0.25, 0.3) is 0 Å². The highest BCUT2D eigenvalue weighted by Gasteiger charge is 2.15. The molecule has 1 amide bonds. The number of anilines is 2. The van der Waals surface area contributed by atoms with Gasteiger partial charge in [0.05, 0.1) is 44.8 Å². The van der Waals surface area contributed by atoms with Gasteiger partial charge in [-0.1, -0.05) is 17.3 Å². The molecule has 0 atom stereocenters. The number of benzene rings is 2. The maximum Gasteiger partial charge on any atom is 0.255 e. The highest BCUT2D eigenvalue weighted by Crippen LogP contribution is 2.31. The summed E-state index contributed by atoms with van der Waals surface area (Å²) in [5.41, 5.74) is 2.44. The molecular formula is C24H23FN6O3. The minimum absolute atomic E-state index is 0.180. The standard InChI is InChI=1S/C24H23FN6O3/c1-33-19-9-10-22(34-2)21(12-19)28-23-20(4-3-11-26-23)24(32)27-13-18-15-31(30-29-18)14-16-5-7-17(25)8-6-16/h3-12,15H,13-14H2,1-2H3,(H,26,28)(H,27,32). The molecule has 174 valence electrons. The SMILES string of the molecule is COc1ccc(OC)c(Nc2ncccc2C(=O)NCc2cn(Cc3ccc(F)cc3)nn2)c1. The summed E-state index contributed by atoms with van der Waals surface area (Å²) < 4.78 is 25.4. The highest BCUT2D eigenvalue weighted by atomic mass is 19.1. The Morgan fingerprint density at radius 3 is 2.68 bits per heavy atom. The summed E-state index contributed by atoms with van der Waals surface area (Å²) in [6, 6.07) is 14.8. The summed E-state index contributed by atoms with van der Waals surface area (Å²) >= 11 is 0. The number of nitrogens with zero attached hydrogens (tertiary/aromatic N) is 4. The first kappa shape index (κ1) is 22.7. The van der Waals surface area contributed by atoms with Crippen LogP contribution >= 0.6 is 0 Å². The molecule has 4 rings (SSSR count). The minimum Gasteiger partial charge on any atom is -0.497 e. The summed E-state index contributed by atoms with van der Waals surface area (Å²) in [6.07, 6.45) is 3.32. The molecule has 9 nitrogen and oxygen atoms in total. The van der Waals surface area contributed by atoms with Gasteiger partial charge in [-0.15, -0.1) is 5.10 Å². The van der Waals surface area contributed by atoms with Crippen molar-refractivity contribution in [3.05, 3.63) is 89.6 Å². The molecule has 34 heavy (non-hydrogen) atoms. The molecule has 0 fully saturated rings. The molecule has 2 N–H and O–H groups in total. The van der Waals surface area contributed by atoms with Crippen molar-refractivity contribution < 1.29 is 18.7 Å². The smallest absolute Gasteiger partial charge is 0.255 e. The van der Waals surface area contributed by atoms with Crippen molar-refractivity contribution in [3.8, 4) is 11.5 Å². The fourth-order valence-electron chi connectivity index (χ4n) is 3.27. The van der Waals surface area contributed by atoms with Crippen LogP contribution in [0.3, 0.4) is 0 Å². The Morgan fingerprint density at radius 2 is 1.91 bits per heavy atom. The van der Waals surface area contributed by atoms with Gasteiger partial charge in [-0.05, 0) is 42.0 Å². The Morgan fingerprint density at radius 1 is 1.09 bits per heavy atom. The Labute approximate surface area is 195 Å². The van der Waals surface area contributed by atoms with Crippen molar-refractivity contribution in [2.75, 3.05) is 19.5 Å². The number of ether oxygens (including phenoxy) is 2. The van der Waals surface area contributed by atoms with Gasteiger partial charge in [0.1, 0.15) is 28.8 Å². The van der Waals surface area contributed by atoms with Crippen LogP contribution < -0.4 is 20.1 Å². The number of pyridine rings is 1. The number of hydrogen-bond acceptors (Lipinski definition) is 7. The number of halogens is 1. The van der Waals surface area contributed by atoms with E-state index in [9.17, 15) is 9.18 Å². The topological polar surface area (TPSA) is 103 Å². The molecule has 0 aliphatic rings. The van der Waals surface area contributed by atoms with Gasteiger partial charge in [-0.25, -0.2) is 14.1 Å². The normalized spacial score (nSPS) is 10.6. The zero-order valence-corrected chi connectivity index (χ0v) is 18.7. The lowest BCUT2D eigenvalue weighted by Crippen LogP contribution is -2.24. The average molecular weight is 462 g/mol. The fraction of sp³-hybridized carbons (Fsp3) is 0.167. The molecule has 0 saturated carbocycles. The first-order chi connectivity index (χ1) is 16.6. The van der Waals surface area contributed by atoms with Gasteiger partial charge >= 0.3 is 0 Å². The first-order valence-corrected chi connectivity index (χ1v) is 10.4. The number of nitrogens with one attached hydrogen (secondary N) is 2. The van der Waals surface area contributed by atoms with E-state index in [1.54, 1.807) is 73.8 Å². The number of aromatic nitrogens is 4. The number of methoxy groups -OCH3 is 2. The van der Waals surface area contributed by atoms with Gasteiger partial charge in [-0.3, -0.25) is 4.79 Å². The first-order valence-electron chi connectivity index (χ1n) is 10.4. The van der Waals surface area contributed by atoms with Crippen molar-refractivity contribution in [1.82, 2.24) is 25.3 Å². The average Bonchev–Trinajstić information content (AvgIpc) is 3.31. The van der Waals surface area contributed by atoms with E-state index >= 15 is 0 Å². The lowest BCUT2D eigenvalue weighted by atomic mass is 10.2. The molecule has 0 spiro atoms. The van der Waals surface area contributed by atoms with Gasteiger partial charge in [0.15, 0.2) is 0 Å². The Kier molecular flexibility index (Phi) is 6.97. The third kappa shape index (κ3) is 5.47. The van der Waals surface area contributed by atoms with Crippen molar-refractivity contribution in [2.24, 2.45) is 0 Å². The monoisotopic (exact) mass is 462 g/mol. The van der Waals surface area contributed by atoms with E-state index in [0.717, 1.165) is 5.56 Å². The molecule has 0 saturated heterocycles. The summed E-state index contributed by atoms with van der Waals surface area (Å²) in [5, 5.41) is 14.1. The quantitative estimate of drug-likeness (QED) is 0.392. The van der Waals surface area contributed by atoms with Gasteiger partial charge < -0.3 is 20.1 Å². The predicted octanol–water partition coefficient (Wildman–Crippen LogP) is 3.55. The molecular weight excluding hydrogens is 439 g/mol. The Bertz CT molecular complexity index is 1280. The number of rotatable bonds is 9. The summed E-state index contributed by atoms with van der Waals surface area (Å²) in [7, 11) is 3.13. The third-order valence-corrected chi connectivity index (χ3v) is 4.99. The van der Waals surface area contributed by atoms with Crippen LogP contribution in [0.15, 0.2) is 67.0 Å². The van der Waals surface area contributed by atoms with E-state index in [4.69, 9.17) is 9.47 Å². The predicted molar refractivity (Wildman–Crippen MR) is 124 cm³/mol. The van der Waals surface area contributed by atoms with Crippen LogP contribution in [0.5, 0.6) is 11.5 Å². The van der Waals surface area contributed by atoms with E-state index in [0.29, 0.717) is 40.8 Å². The summed E-state index contributed by atoms with van der Waals surface area (Å²) in [6.45, 7) is 0.624. The molecule has 4 aromatic rings. The maximum absolute atomic E-state index is 13.1. The molecule has 0 unspecified atom stereocenters. The van der Waals surface area contributed by atoms with Crippen LogP contribution in [0.4, 0.5) is 15.9 Å². The zero-order valence-electron chi connectivity index (χ0n) is 18.7. The molecule has 0 aliphatic heterocycles. The van der Waals surface area contributed by atoms with E-state index in [2.05, 4.69) is 25.9 Å². The largest absolute Gasteiger partial charge is 0.497 e. The van der Waals surface area contributed by atoms with Crippen LogP contribution in [-0.2, 0) is 13.1 Å². The Hall–Kier alpha value is -4.47. The van der Waals surface area contributed by atoms with Crippen molar-refractivity contribution in [2.45, 2.75) is 13.1 Å². The number of carbonyl (C=O) groups is 1. The number of amides is 1. The third-order valence-electron chi connectivity index (χ3n) is 4.99. The highest BCUT2D eigenvalue weighted by molar-refractivity contribution is 5.99. The molecule has 0 aliphatic carbocycles. The second kappa shape index (κ2) is 10.4. The van der Waals surface area contributed by atoms with Gasteiger partial charge in [0, 0.05) is 12.3 Å². The van der Waals surface area contributed by atoms with Crippen LogP contribution in [0.2, 0.25) is 0 Å². The van der Waals surface area contributed by atoms with Crippen molar-refractivity contribution >= 4 is 17.4 Å². The molecule has 0 bridgehead atoms. The summed E-state index contributed by atoms with van der Waals surface area (Å²) in [4.78, 5) is 17.2. The van der Waals surface area contributed by atoms with Gasteiger partial charge in [0.25, 0.3) is 5.91 Å². The lowest BCUT2D eigenvalue weighted by molar-refractivity contribution is 0.0951. The molecule has 2 aromatic carbocycles. The van der Waals surface area contributed by atoms with Crippen LogP contribution in [0, 0.1) is 5.82 Å². The molecule has 10 heteroatoms. The molecule has 2 heterocycles. The van der Waals surface area contributed by atoms with Gasteiger partial charge in [-0.2, -0.15) is 0 Å². The second-order valence-electron chi connectivity index (χ2n) is 7.31. The number of hydrogen-bond donors (Lipinski definition) is 2. The maximum atomic E-state index is 13.1.